The lowest BCUT2D eigenvalue weighted by Crippen LogP contribution is -2.37. The lowest BCUT2D eigenvalue weighted by atomic mass is 10.2. The van der Waals surface area contributed by atoms with Crippen LogP contribution >= 0.6 is 0 Å². The van der Waals surface area contributed by atoms with E-state index in [0.717, 1.165) is 18.7 Å². The average molecular weight is 264 g/mol. The van der Waals surface area contributed by atoms with Crippen LogP contribution in [0.3, 0.4) is 0 Å². The van der Waals surface area contributed by atoms with Crippen molar-refractivity contribution in [2.24, 2.45) is 0 Å². The van der Waals surface area contributed by atoms with Crippen LogP contribution in [0.5, 0.6) is 11.5 Å². The summed E-state index contributed by atoms with van der Waals surface area (Å²) in [5.41, 5.74) is 1.08. The van der Waals surface area contributed by atoms with Gasteiger partial charge in [-0.2, -0.15) is 0 Å². The van der Waals surface area contributed by atoms with E-state index in [4.69, 9.17) is 4.74 Å². The molecule has 106 valence electrons. The van der Waals surface area contributed by atoms with Crippen LogP contribution in [0.2, 0.25) is 0 Å². The maximum absolute atomic E-state index is 9.73. The number of likely N-dealkylation sites (tertiary alicyclic amines) is 1. The first kappa shape index (κ1) is 14.2. The molecule has 1 aliphatic rings. The van der Waals surface area contributed by atoms with Gasteiger partial charge in [-0.3, -0.25) is 0 Å². The van der Waals surface area contributed by atoms with E-state index in [1.165, 1.54) is 25.9 Å². The van der Waals surface area contributed by atoms with Crippen molar-refractivity contribution in [3.8, 4) is 11.5 Å². The van der Waals surface area contributed by atoms with Crippen LogP contribution in [0.4, 0.5) is 0 Å². The molecule has 1 aliphatic heterocycles. The zero-order valence-corrected chi connectivity index (χ0v) is 11.9. The van der Waals surface area contributed by atoms with Crippen molar-refractivity contribution in [1.82, 2.24) is 10.2 Å². The van der Waals surface area contributed by atoms with Crippen LogP contribution in [0.15, 0.2) is 18.2 Å². The maximum Gasteiger partial charge on any atom is 0.160 e. The number of hydrogen-bond acceptors (Lipinski definition) is 4. The molecule has 1 heterocycles. The van der Waals surface area contributed by atoms with Gasteiger partial charge in [-0.15, -0.1) is 0 Å². The van der Waals surface area contributed by atoms with Crippen LogP contribution in [-0.4, -0.2) is 42.8 Å². The first-order chi connectivity index (χ1) is 9.19. The summed E-state index contributed by atoms with van der Waals surface area (Å²) in [6, 6.07) is 6.00. The molecule has 1 fully saturated rings. The Morgan fingerprint density at radius 3 is 2.74 bits per heavy atom. The largest absolute Gasteiger partial charge is 0.504 e. The third-order valence-corrected chi connectivity index (χ3v) is 3.63. The number of hydrogen-bond donors (Lipinski definition) is 2. The zero-order valence-electron chi connectivity index (χ0n) is 11.9. The summed E-state index contributed by atoms with van der Waals surface area (Å²) < 4.78 is 5.04. The highest BCUT2D eigenvalue weighted by Gasteiger charge is 2.14. The molecule has 2 N–H and O–H groups in total. The maximum atomic E-state index is 9.73. The summed E-state index contributed by atoms with van der Waals surface area (Å²) in [5, 5.41) is 13.2. The van der Waals surface area contributed by atoms with Gasteiger partial charge in [0.2, 0.25) is 0 Å². The topological polar surface area (TPSA) is 44.7 Å². The Morgan fingerprint density at radius 2 is 2.11 bits per heavy atom. The number of ether oxygens (including phenoxy) is 1. The molecule has 1 unspecified atom stereocenters. The smallest absolute Gasteiger partial charge is 0.160 e. The lowest BCUT2D eigenvalue weighted by molar-refractivity contribution is 0.298. The lowest BCUT2D eigenvalue weighted by Gasteiger charge is -2.21. The Kier molecular flexibility index (Phi) is 5.05. The number of methoxy groups -OCH3 is 1. The fourth-order valence-corrected chi connectivity index (χ4v) is 2.55. The molecule has 4 heteroatoms. The fraction of sp³-hybridized carbons (Fsp3) is 0.600. The molecular formula is C15H24N2O2. The Hall–Kier alpha value is -1.26. The second kappa shape index (κ2) is 6.78. The summed E-state index contributed by atoms with van der Waals surface area (Å²) in [5.74, 6) is 0.725. The van der Waals surface area contributed by atoms with Crippen molar-refractivity contribution >= 4 is 0 Å². The molecular weight excluding hydrogens is 240 g/mol. The molecule has 1 aromatic carbocycles. The Balaban J connectivity index is 1.79. The van der Waals surface area contributed by atoms with Crippen LogP contribution in [0, 0.1) is 0 Å². The SMILES string of the molecule is COc1ccc(CNC(C)CN2CCCC2)cc1O. The van der Waals surface area contributed by atoms with Gasteiger partial charge in [0.1, 0.15) is 0 Å². The number of nitrogens with zero attached hydrogens (tertiary/aromatic N) is 1. The predicted molar refractivity (Wildman–Crippen MR) is 76.6 cm³/mol. The predicted octanol–water partition coefficient (Wildman–Crippen LogP) is 1.97. The Morgan fingerprint density at radius 1 is 1.37 bits per heavy atom. The second-order valence-electron chi connectivity index (χ2n) is 5.30. The third kappa shape index (κ3) is 4.11. The minimum atomic E-state index is 0.203. The third-order valence-electron chi connectivity index (χ3n) is 3.63. The first-order valence-electron chi connectivity index (χ1n) is 7.00. The van der Waals surface area contributed by atoms with E-state index in [2.05, 4.69) is 17.1 Å². The number of nitrogens with one attached hydrogen (secondary N) is 1. The molecule has 0 aromatic heterocycles. The molecule has 1 saturated heterocycles. The molecule has 0 aliphatic carbocycles. The highest BCUT2D eigenvalue weighted by Crippen LogP contribution is 2.26. The van der Waals surface area contributed by atoms with E-state index < -0.39 is 0 Å². The van der Waals surface area contributed by atoms with Crippen LogP contribution in [0.25, 0.3) is 0 Å². The molecule has 0 saturated carbocycles. The van der Waals surface area contributed by atoms with Gasteiger partial charge < -0.3 is 20.1 Å². The molecule has 0 bridgehead atoms. The van der Waals surface area contributed by atoms with Gasteiger partial charge in [-0.05, 0) is 50.6 Å². The van der Waals surface area contributed by atoms with E-state index in [1.807, 2.05) is 6.07 Å². The molecule has 1 aromatic rings. The van der Waals surface area contributed by atoms with Gasteiger partial charge in [0, 0.05) is 19.1 Å². The van der Waals surface area contributed by atoms with Crippen molar-refractivity contribution in [2.75, 3.05) is 26.7 Å². The summed E-state index contributed by atoms with van der Waals surface area (Å²) in [4.78, 5) is 2.50. The Labute approximate surface area is 115 Å². The van der Waals surface area contributed by atoms with Gasteiger partial charge in [0.15, 0.2) is 11.5 Å². The Bertz CT molecular complexity index is 403. The van der Waals surface area contributed by atoms with Crippen molar-refractivity contribution < 1.29 is 9.84 Å². The molecule has 2 rings (SSSR count). The number of aromatic hydroxyl groups is 1. The standard InChI is InChI=1S/C15H24N2O2/c1-12(11-17-7-3-4-8-17)16-10-13-5-6-15(19-2)14(18)9-13/h5-6,9,12,16,18H,3-4,7-8,10-11H2,1-2H3. The first-order valence-corrected chi connectivity index (χ1v) is 7.00. The minimum absolute atomic E-state index is 0.203. The summed E-state index contributed by atoms with van der Waals surface area (Å²) in [7, 11) is 1.56. The van der Waals surface area contributed by atoms with Gasteiger partial charge >= 0.3 is 0 Å². The number of rotatable bonds is 6. The second-order valence-corrected chi connectivity index (χ2v) is 5.30. The van der Waals surface area contributed by atoms with Crippen LogP contribution in [-0.2, 0) is 6.54 Å². The highest BCUT2D eigenvalue weighted by atomic mass is 16.5. The number of benzene rings is 1. The zero-order chi connectivity index (χ0) is 13.7. The van der Waals surface area contributed by atoms with Crippen molar-refractivity contribution in [1.29, 1.82) is 0 Å². The van der Waals surface area contributed by atoms with E-state index in [1.54, 1.807) is 19.2 Å². The summed E-state index contributed by atoms with van der Waals surface area (Å²) >= 11 is 0. The van der Waals surface area contributed by atoms with Gasteiger partial charge in [0.25, 0.3) is 0 Å². The molecule has 0 spiro atoms. The summed E-state index contributed by atoms with van der Waals surface area (Å²) in [6.45, 7) is 6.54. The highest BCUT2D eigenvalue weighted by molar-refractivity contribution is 5.41. The normalized spacial score (nSPS) is 17.6. The van der Waals surface area contributed by atoms with E-state index in [0.29, 0.717) is 11.8 Å². The monoisotopic (exact) mass is 264 g/mol. The summed E-state index contributed by atoms with van der Waals surface area (Å²) in [6.07, 6.45) is 2.66. The van der Waals surface area contributed by atoms with Crippen LogP contribution < -0.4 is 10.1 Å². The van der Waals surface area contributed by atoms with Crippen molar-refractivity contribution in [2.45, 2.75) is 32.4 Å². The number of phenolic OH excluding ortho intramolecular Hbond substituents is 1. The molecule has 0 radical (unpaired) electrons. The minimum Gasteiger partial charge on any atom is -0.504 e. The van der Waals surface area contributed by atoms with Gasteiger partial charge in [0.05, 0.1) is 7.11 Å². The van der Waals surface area contributed by atoms with Crippen LogP contribution in [0.1, 0.15) is 25.3 Å². The van der Waals surface area contributed by atoms with Gasteiger partial charge in [-0.25, -0.2) is 0 Å². The fourth-order valence-electron chi connectivity index (χ4n) is 2.55. The van der Waals surface area contributed by atoms with Gasteiger partial charge in [-0.1, -0.05) is 6.07 Å². The van der Waals surface area contributed by atoms with Crippen molar-refractivity contribution in [3.05, 3.63) is 23.8 Å². The molecule has 1 atom stereocenters. The molecule has 4 nitrogen and oxygen atoms in total. The van der Waals surface area contributed by atoms with E-state index in [-0.39, 0.29) is 5.75 Å². The molecule has 19 heavy (non-hydrogen) atoms. The molecule has 0 amide bonds. The van der Waals surface area contributed by atoms with E-state index >= 15 is 0 Å². The number of phenols is 1. The quantitative estimate of drug-likeness (QED) is 0.824. The van der Waals surface area contributed by atoms with Crippen molar-refractivity contribution in [3.63, 3.8) is 0 Å². The van der Waals surface area contributed by atoms with E-state index in [9.17, 15) is 5.11 Å². The average Bonchev–Trinajstić information content (AvgIpc) is 2.89.